The van der Waals surface area contributed by atoms with Crippen LogP contribution in [0, 0.1) is 0 Å². The standard InChI is InChI=1S/C21H22ClN3O2/c1-13-11-18(23-12-14-7-9-15(22)10-8-14)19(13)24-17-6-4-5-16(20(17)26)21(27)25(2)3/h4-10,23-24,26H,1,11-12H2,2-3H3. The molecule has 2 aromatic carbocycles. The van der Waals surface area contributed by atoms with E-state index in [2.05, 4.69) is 17.2 Å². The van der Waals surface area contributed by atoms with Gasteiger partial charge in [0.05, 0.1) is 16.9 Å². The molecule has 5 nitrogen and oxygen atoms in total. The first-order valence-corrected chi connectivity index (χ1v) is 8.95. The number of anilines is 1. The molecule has 1 amide bonds. The number of phenolic OH excluding ortho intramolecular Hbond substituents is 1. The minimum absolute atomic E-state index is 0.0690. The third-order valence-corrected chi connectivity index (χ3v) is 4.65. The highest BCUT2D eigenvalue weighted by Crippen LogP contribution is 2.36. The number of para-hydroxylation sites is 1. The number of amides is 1. The van der Waals surface area contributed by atoms with Gasteiger partial charge >= 0.3 is 0 Å². The van der Waals surface area contributed by atoms with Gasteiger partial charge in [0.1, 0.15) is 0 Å². The van der Waals surface area contributed by atoms with Gasteiger partial charge in [-0.25, -0.2) is 0 Å². The van der Waals surface area contributed by atoms with Crippen molar-refractivity contribution in [2.45, 2.75) is 13.0 Å². The Bertz CT molecular complexity index is 918. The van der Waals surface area contributed by atoms with Gasteiger partial charge in [-0.15, -0.1) is 0 Å². The predicted molar refractivity (Wildman–Crippen MR) is 109 cm³/mol. The molecule has 27 heavy (non-hydrogen) atoms. The molecule has 0 bridgehead atoms. The second kappa shape index (κ2) is 7.76. The van der Waals surface area contributed by atoms with Gasteiger partial charge in [-0.2, -0.15) is 0 Å². The van der Waals surface area contributed by atoms with Crippen LogP contribution in [0.5, 0.6) is 5.75 Å². The van der Waals surface area contributed by atoms with E-state index in [1.54, 1.807) is 32.3 Å². The van der Waals surface area contributed by atoms with Crippen LogP contribution in [-0.2, 0) is 6.54 Å². The average molecular weight is 384 g/mol. The zero-order chi connectivity index (χ0) is 19.6. The van der Waals surface area contributed by atoms with Crippen LogP contribution in [0.4, 0.5) is 5.69 Å². The van der Waals surface area contributed by atoms with Crippen molar-refractivity contribution in [1.82, 2.24) is 10.2 Å². The van der Waals surface area contributed by atoms with Crippen LogP contribution >= 0.6 is 11.6 Å². The molecule has 1 aliphatic carbocycles. The molecule has 140 valence electrons. The fourth-order valence-corrected chi connectivity index (χ4v) is 2.94. The zero-order valence-corrected chi connectivity index (χ0v) is 16.1. The van der Waals surface area contributed by atoms with Gasteiger partial charge in [-0.3, -0.25) is 4.79 Å². The number of allylic oxidation sites excluding steroid dienone is 2. The summed E-state index contributed by atoms with van der Waals surface area (Å²) in [7, 11) is 3.30. The number of hydrogen-bond acceptors (Lipinski definition) is 4. The number of halogens is 1. The molecule has 0 spiro atoms. The lowest BCUT2D eigenvalue weighted by Crippen LogP contribution is -2.26. The van der Waals surface area contributed by atoms with Crippen molar-refractivity contribution in [3.8, 4) is 5.75 Å². The number of benzene rings is 2. The van der Waals surface area contributed by atoms with E-state index in [0.29, 0.717) is 17.3 Å². The summed E-state index contributed by atoms with van der Waals surface area (Å²) in [4.78, 5) is 13.6. The Balaban J connectivity index is 1.76. The van der Waals surface area contributed by atoms with E-state index in [1.807, 2.05) is 24.3 Å². The lowest BCUT2D eigenvalue weighted by atomic mass is 9.94. The summed E-state index contributed by atoms with van der Waals surface area (Å²) in [5.74, 6) is -0.320. The molecule has 0 aromatic heterocycles. The molecule has 1 aliphatic rings. The Morgan fingerprint density at radius 1 is 1.22 bits per heavy atom. The first-order valence-electron chi connectivity index (χ1n) is 8.57. The molecule has 0 unspecified atom stereocenters. The van der Waals surface area contributed by atoms with Crippen molar-refractivity contribution in [2.75, 3.05) is 19.4 Å². The minimum atomic E-state index is -0.251. The molecule has 0 aliphatic heterocycles. The normalized spacial score (nSPS) is 13.2. The van der Waals surface area contributed by atoms with Gasteiger partial charge in [0.2, 0.25) is 0 Å². The summed E-state index contributed by atoms with van der Waals surface area (Å²) in [5.41, 5.74) is 4.64. The van der Waals surface area contributed by atoms with E-state index in [1.165, 1.54) is 4.90 Å². The fraction of sp³-hybridized carbons (Fsp3) is 0.190. The van der Waals surface area contributed by atoms with Crippen LogP contribution < -0.4 is 10.6 Å². The van der Waals surface area contributed by atoms with Crippen molar-refractivity contribution in [2.24, 2.45) is 0 Å². The first-order chi connectivity index (χ1) is 12.9. The summed E-state index contributed by atoms with van der Waals surface area (Å²) in [6.07, 6.45) is 0.743. The molecule has 3 rings (SSSR count). The van der Waals surface area contributed by atoms with Gasteiger partial charge in [-0.1, -0.05) is 36.4 Å². The lowest BCUT2D eigenvalue weighted by Gasteiger charge is -2.29. The monoisotopic (exact) mass is 383 g/mol. The summed E-state index contributed by atoms with van der Waals surface area (Å²) in [6, 6.07) is 12.7. The molecule has 3 N–H and O–H groups in total. The number of phenols is 1. The number of nitrogens with one attached hydrogen (secondary N) is 2. The summed E-state index contributed by atoms with van der Waals surface area (Å²) in [6.45, 7) is 4.70. The van der Waals surface area contributed by atoms with Crippen LogP contribution in [0.15, 0.2) is 66.0 Å². The van der Waals surface area contributed by atoms with Crippen molar-refractivity contribution >= 4 is 23.2 Å². The number of carbonyl (C=O) groups excluding carboxylic acids is 1. The van der Waals surface area contributed by atoms with Crippen molar-refractivity contribution in [3.05, 3.63) is 82.2 Å². The van der Waals surface area contributed by atoms with Crippen LogP contribution in [0.3, 0.4) is 0 Å². The van der Waals surface area contributed by atoms with E-state index in [4.69, 9.17) is 11.6 Å². The second-order valence-electron chi connectivity index (χ2n) is 6.64. The summed E-state index contributed by atoms with van der Waals surface area (Å²) in [5, 5.41) is 17.8. The van der Waals surface area contributed by atoms with Crippen LogP contribution in [0.2, 0.25) is 5.02 Å². The highest BCUT2D eigenvalue weighted by molar-refractivity contribution is 6.30. The van der Waals surface area contributed by atoms with Crippen LogP contribution in [0.25, 0.3) is 0 Å². The Morgan fingerprint density at radius 3 is 2.56 bits per heavy atom. The number of rotatable bonds is 6. The molecule has 0 saturated heterocycles. The number of hydrogen-bond donors (Lipinski definition) is 3. The summed E-state index contributed by atoms with van der Waals surface area (Å²) < 4.78 is 0. The Labute approximate surface area is 164 Å². The van der Waals surface area contributed by atoms with Crippen molar-refractivity contribution in [3.63, 3.8) is 0 Å². The van der Waals surface area contributed by atoms with Crippen LogP contribution in [0.1, 0.15) is 22.3 Å². The predicted octanol–water partition coefficient (Wildman–Crippen LogP) is 4.12. The van der Waals surface area contributed by atoms with E-state index in [9.17, 15) is 9.90 Å². The van der Waals surface area contributed by atoms with Gasteiger partial charge < -0.3 is 20.6 Å². The third kappa shape index (κ3) is 4.09. The molecule has 0 saturated carbocycles. The molecule has 2 aromatic rings. The molecular weight excluding hydrogens is 362 g/mol. The Kier molecular flexibility index (Phi) is 5.42. The lowest BCUT2D eigenvalue weighted by molar-refractivity contribution is 0.0824. The highest BCUT2D eigenvalue weighted by Gasteiger charge is 2.24. The van der Waals surface area contributed by atoms with E-state index in [0.717, 1.165) is 29.0 Å². The van der Waals surface area contributed by atoms with Gasteiger partial charge in [0, 0.05) is 37.8 Å². The maximum atomic E-state index is 12.2. The van der Waals surface area contributed by atoms with Crippen molar-refractivity contribution < 1.29 is 9.90 Å². The Hall–Kier alpha value is -2.92. The zero-order valence-electron chi connectivity index (χ0n) is 15.3. The second-order valence-corrected chi connectivity index (χ2v) is 7.08. The maximum Gasteiger partial charge on any atom is 0.257 e. The largest absolute Gasteiger partial charge is 0.505 e. The molecule has 0 atom stereocenters. The maximum absolute atomic E-state index is 12.2. The third-order valence-electron chi connectivity index (χ3n) is 4.40. The van der Waals surface area contributed by atoms with Crippen molar-refractivity contribution in [1.29, 1.82) is 0 Å². The van der Waals surface area contributed by atoms with Crippen LogP contribution in [-0.4, -0.2) is 30.0 Å². The average Bonchev–Trinajstić information content (AvgIpc) is 2.64. The quantitative estimate of drug-likeness (QED) is 0.656. The summed E-state index contributed by atoms with van der Waals surface area (Å²) >= 11 is 5.91. The minimum Gasteiger partial charge on any atom is -0.505 e. The van der Waals surface area contributed by atoms with Gasteiger partial charge in [-0.05, 0) is 35.4 Å². The molecule has 0 radical (unpaired) electrons. The Morgan fingerprint density at radius 2 is 1.93 bits per heavy atom. The molecule has 6 heteroatoms. The topological polar surface area (TPSA) is 64.6 Å². The van der Waals surface area contributed by atoms with Gasteiger partial charge in [0.25, 0.3) is 5.91 Å². The van der Waals surface area contributed by atoms with E-state index in [-0.39, 0.29) is 17.2 Å². The number of nitrogens with zero attached hydrogens (tertiary/aromatic N) is 1. The van der Waals surface area contributed by atoms with E-state index < -0.39 is 0 Å². The fourth-order valence-electron chi connectivity index (χ4n) is 2.82. The number of carbonyl (C=O) groups is 1. The first kappa shape index (κ1) is 18.9. The smallest absolute Gasteiger partial charge is 0.257 e. The van der Waals surface area contributed by atoms with E-state index >= 15 is 0 Å². The van der Waals surface area contributed by atoms with Gasteiger partial charge in [0.15, 0.2) is 5.75 Å². The molecular formula is C21H22ClN3O2. The highest BCUT2D eigenvalue weighted by atomic mass is 35.5. The molecule has 0 heterocycles. The SMILES string of the molecule is C=C1CC(NCc2ccc(Cl)cc2)=C1Nc1cccc(C(=O)N(C)C)c1O. The number of aromatic hydroxyl groups is 1. The molecule has 0 fully saturated rings.